The number of aliphatic hydroxyl groups excluding tert-OH is 1. The number of aliphatic hydroxyl groups is 1. The summed E-state index contributed by atoms with van der Waals surface area (Å²) in [7, 11) is -16.8. The SMILES string of the molecule is O=c1[nH]c(=O)n(C2C[C@H](O)C(COP(=O)(O)OP(=O)(O)OP(=O)(O)O)O2)cc1-c1cn(Cc2ccc(Cl)cc2)nn1. The van der Waals surface area contributed by atoms with Gasteiger partial charge in [-0.05, 0) is 17.7 Å². The second-order valence-corrected chi connectivity index (χ2v) is 13.3. The van der Waals surface area contributed by atoms with Gasteiger partial charge in [0.25, 0.3) is 5.56 Å². The molecule has 3 heterocycles. The van der Waals surface area contributed by atoms with Crippen LogP contribution in [0.5, 0.6) is 0 Å². The molecule has 23 heteroatoms. The summed E-state index contributed by atoms with van der Waals surface area (Å²) < 4.78 is 53.7. The maximum atomic E-state index is 12.5. The number of hydrogen-bond acceptors (Lipinski definition) is 12. The lowest BCUT2D eigenvalue weighted by molar-refractivity contribution is -0.0449. The first-order chi connectivity index (χ1) is 19.0. The van der Waals surface area contributed by atoms with Gasteiger partial charge in [-0.15, -0.1) is 5.10 Å². The van der Waals surface area contributed by atoms with Crippen LogP contribution < -0.4 is 11.2 Å². The lowest BCUT2D eigenvalue weighted by Crippen LogP contribution is -2.33. The second-order valence-electron chi connectivity index (χ2n) is 8.46. The van der Waals surface area contributed by atoms with Gasteiger partial charge in [0.2, 0.25) is 0 Å². The van der Waals surface area contributed by atoms with Crippen molar-refractivity contribution in [3.8, 4) is 11.3 Å². The maximum absolute atomic E-state index is 12.5. The van der Waals surface area contributed by atoms with Gasteiger partial charge in [0, 0.05) is 17.6 Å². The average molecular weight is 660 g/mol. The zero-order valence-electron chi connectivity index (χ0n) is 20.2. The molecule has 0 bridgehead atoms. The fraction of sp³-hybridized carbons (Fsp3) is 0.333. The van der Waals surface area contributed by atoms with E-state index in [2.05, 4.69) is 28.4 Å². The first-order valence-electron chi connectivity index (χ1n) is 11.1. The number of hydrogen-bond donors (Lipinski definition) is 6. The van der Waals surface area contributed by atoms with Crippen molar-refractivity contribution in [3.63, 3.8) is 0 Å². The highest BCUT2D eigenvalue weighted by Gasteiger charge is 2.43. The number of nitrogens with one attached hydrogen (secondary N) is 1. The van der Waals surface area contributed by atoms with Crippen LogP contribution in [0.1, 0.15) is 18.2 Å². The molecule has 4 rings (SSSR count). The van der Waals surface area contributed by atoms with Gasteiger partial charge in [-0.2, -0.15) is 8.62 Å². The molecular weight excluding hydrogens is 639 g/mol. The molecule has 1 saturated heterocycles. The zero-order valence-corrected chi connectivity index (χ0v) is 23.7. The quantitative estimate of drug-likeness (QED) is 0.153. The molecule has 1 fully saturated rings. The van der Waals surface area contributed by atoms with Crippen molar-refractivity contribution in [2.24, 2.45) is 0 Å². The molecule has 0 aliphatic carbocycles. The molecule has 6 N–H and O–H groups in total. The molecule has 1 aliphatic rings. The van der Waals surface area contributed by atoms with Gasteiger partial charge < -0.3 is 29.4 Å². The molecule has 1 aliphatic heterocycles. The number of benzene rings is 1. The van der Waals surface area contributed by atoms with Crippen molar-refractivity contribution in [2.75, 3.05) is 6.61 Å². The van der Waals surface area contributed by atoms with Crippen molar-refractivity contribution < 1.29 is 56.3 Å². The average Bonchev–Trinajstić information content (AvgIpc) is 3.43. The zero-order chi connectivity index (χ0) is 30.2. The smallest absolute Gasteiger partial charge is 0.390 e. The minimum absolute atomic E-state index is 0.0678. The van der Waals surface area contributed by atoms with Crippen molar-refractivity contribution >= 4 is 35.1 Å². The molecule has 19 nitrogen and oxygen atoms in total. The third-order valence-corrected chi connectivity index (χ3v) is 9.43. The minimum Gasteiger partial charge on any atom is -0.390 e. The number of aromatic nitrogens is 5. The van der Waals surface area contributed by atoms with Crippen LogP contribution in [0.25, 0.3) is 11.3 Å². The fourth-order valence-electron chi connectivity index (χ4n) is 3.66. The Morgan fingerprint density at radius 1 is 1.05 bits per heavy atom. The van der Waals surface area contributed by atoms with E-state index in [1.165, 1.54) is 10.9 Å². The summed E-state index contributed by atoms with van der Waals surface area (Å²) in [5, 5.41) is 18.8. The van der Waals surface area contributed by atoms with Gasteiger partial charge in [0.15, 0.2) is 0 Å². The largest absolute Gasteiger partial charge is 0.490 e. The topological polar surface area (TPSA) is 275 Å². The molecule has 0 saturated carbocycles. The number of ether oxygens (including phenoxy) is 1. The van der Waals surface area contributed by atoms with Crippen molar-refractivity contribution in [1.29, 1.82) is 0 Å². The number of halogens is 1. The molecule has 0 radical (unpaired) electrons. The van der Waals surface area contributed by atoms with Gasteiger partial charge in [-0.25, -0.2) is 23.2 Å². The number of nitrogens with zero attached hydrogens (tertiary/aromatic N) is 4. The summed E-state index contributed by atoms with van der Waals surface area (Å²) in [6.07, 6.45) is -1.70. The first kappa shape index (κ1) is 31.6. The van der Waals surface area contributed by atoms with Gasteiger partial charge in [-0.3, -0.25) is 18.9 Å². The Balaban J connectivity index is 1.45. The van der Waals surface area contributed by atoms with E-state index >= 15 is 0 Å². The van der Waals surface area contributed by atoms with Gasteiger partial charge in [0.05, 0.1) is 31.0 Å². The summed E-state index contributed by atoms with van der Waals surface area (Å²) in [5.74, 6) is 0. The monoisotopic (exact) mass is 659 g/mol. The van der Waals surface area contributed by atoms with E-state index in [-0.39, 0.29) is 17.7 Å². The Labute approximate surface area is 233 Å². The third kappa shape index (κ3) is 8.59. The predicted molar refractivity (Wildman–Crippen MR) is 135 cm³/mol. The number of aromatic amines is 1. The molecule has 0 spiro atoms. The van der Waals surface area contributed by atoms with Crippen LogP contribution in [0, 0.1) is 0 Å². The Bertz CT molecular complexity index is 1670. The Morgan fingerprint density at radius 2 is 1.73 bits per heavy atom. The first-order valence-corrected chi connectivity index (χ1v) is 16.0. The van der Waals surface area contributed by atoms with E-state index in [0.717, 1.165) is 16.3 Å². The van der Waals surface area contributed by atoms with E-state index in [1.807, 2.05) is 0 Å². The molecule has 224 valence electrons. The highest BCUT2D eigenvalue weighted by atomic mass is 35.5. The van der Waals surface area contributed by atoms with E-state index in [1.54, 1.807) is 24.3 Å². The maximum Gasteiger partial charge on any atom is 0.490 e. The summed E-state index contributed by atoms with van der Waals surface area (Å²) in [6.45, 7) is -0.637. The predicted octanol–water partition coefficient (Wildman–Crippen LogP) is 0.489. The van der Waals surface area contributed by atoms with E-state index < -0.39 is 59.8 Å². The Morgan fingerprint density at radius 3 is 2.39 bits per heavy atom. The summed E-state index contributed by atoms with van der Waals surface area (Å²) in [5.41, 5.74) is -0.815. The highest BCUT2D eigenvalue weighted by molar-refractivity contribution is 7.66. The summed E-state index contributed by atoms with van der Waals surface area (Å²) >= 11 is 5.88. The van der Waals surface area contributed by atoms with Crippen molar-refractivity contribution in [2.45, 2.75) is 31.4 Å². The van der Waals surface area contributed by atoms with Crippen molar-refractivity contribution in [1.82, 2.24) is 24.5 Å². The van der Waals surface area contributed by atoms with Crippen molar-refractivity contribution in [3.05, 3.63) is 68.1 Å². The fourth-order valence-corrected chi connectivity index (χ4v) is 6.82. The minimum atomic E-state index is -5.74. The third-order valence-electron chi connectivity index (χ3n) is 5.37. The van der Waals surface area contributed by atoms with Gasteiger partial charge in [-0.1, -0.05) is 28.9 Å². The van der Waals surface area contributed by atoms with Gasteiger partial charge in [0.1, 0.15) is 18.0 Å². The summed E-state index contributed by atoms with van der Waals surface area (Å²) in [6, 6.07) is 6.95. The standard InChI is InChI=1S/C18H21ClN5O14P3/c19-11-3-1-10(2-4-11)6-23-8-13(21-22-23)12-7-24(18(27)20-17(12)26)16-5-14(25)15(36-16)9-35-40(31,32)38-41(33,34)37-39(28,29)30/h1-4,7-8,14-16,25H,5-6,9H2,(H,31,32)(H,33,34)(H,20,26,27)(H2,28,29,30)/t14-,15?,16?/m0/s1. The molecule has 1 aromatic carbocycles. The van der Waals surface area contributed by atoms with Gasteiger partial charge >= 0.3 is 29.2 Å². The van der Waals surface area contributed by atoms with E-state index in [4.69, 9.17) is 26.1 Å². The van der Waals surface area contributed by atoms with Crippen LogP contribution in [0.3, 0.4) is 0 Å². The van der Waals surface area contributed by atoms with Crippen LogP contribution in [-0.4, -0.2) is 68.0 Å². The molecule has 4 unspecified atom stereocenters. The second kappa shape index (κ2) is 12.1. The lowest BCUT2D eigenvalue weighted by Gasteiger charge is -2.19. The molecule has 3 aromatic rings. The Hall–Kier alpha value is -2.34. The number of phosphoric ester groups is 1. The molecule has 5 atom stereocenters. The van der Waals surface area contributed by atoms with E-state index in [0.29, 0.717) is 11.6 Å². The highest BCUT2D eigenvalue weighted by Crippen LogP contribution is 2.66. The Kier molecular flexibility index (Phi) is 9.33. The lowest BCUT2D eigenvalue weighted by atomic mass is 10.2. The van der Waals surface area contributed by atoms with Crippen LogP contribution in [0.15, 0.2) is 46.2 Å². The molecule has 0 amide bonds. The van der Waals surface area contributed by atoms with Crippen LogP contribution >= 0.6 is 35.1 Å². The van der Waals surface area contributed by atoms with Crippen LogP contribution in [0.2, 0.25) is 5.02 Å². The normalized spacial score (nSPS) is 22.3. The molecular formula is C18H21ClN5O14P3. The van der Waals surface area contributed by atoms with E-state index in [9.17, 15) is 38.2 Å². The summed E-state index contributed by atoms with van der Waals surface area (Å²) in [4.78, 5) is 63.1. The molecule has 41 heavy (non-hydrogen) atoms. The van der Waals surface area contributed by atoms with Crippen LogP contribution in [-0.2, 0) is 38.1 Å². The number of phosphoric acid groups is 3. The molecule has 2 aromatic heterocycles. The number of rotatable bonds is 11. The van der Waals surface area contributed by atoms with Crippen LogP contribution in [0.4, 0.5) is 0 Å². The number of H-pyrrole nitrogens is 1.